The van der Waals surface area contributed by atoms with Gasteiger partial charge in [-0.05, 0) is 30.9 Å². The number of benzene rings is 1. The number of hydrogen-bond acceptors (Lipinski definition) is 0. The zero-order valence-corrected chi connectivity index (χ0v) is 7.51. The number of allylic oxidation sites excluding steroid dienone is 1. The maximum Gasteiger partial charge on any atom is 0.00486 e. The molecule has 1 atom stereocenters. The molecule has 1 aliphatic carbocycles. The van der Waals surface area contributed by atoms with E-state index >= 15 is 0 Å². The van der Waals surface area contributed by atoms with Crippen LogP contribution >= 0.6 is 0 Å². The van der Waals surface area contributed by atoms with E-state index in [1.807, 2.05) is 0 Å². The van der Waals surface area contributed by atoms with Gasteiger partial charge in [0.05, 0.1) is 0 Å². The van der Waals surface area contributed by atoms with Gasteiger partial charge in [0.2, 0.25) is 0 Å². The van der Waals surface area contributed by atoms with Crippen molar-refractivity contribution in [2.75, 3.05) is 0 Å². The van der Waals surface area contributed by atoms with Gasteiger partial charge in [-0.3, -0.25) is 0 Å². The molecule has 0 unspecified atom stereocenters. The number of hydrogen-bond donors (Lipinski definition) is 0. The number of aryl methyl sites for hydroxylation is 1. The molecule has 0 saturated heterocycles. The monoisotopic (exact) mass is 158 g/mol. The Morgan fingerprint density at radius 2 is 2.17 bits per heavy atom. The van der Waals surface area contributed by atoms with Crippen LogP contribution < -0.4 is 0 Å². The van der Waals surface area contributed by atoms with Crippen LogP contribution in [0.3, 0.4) is 0 Å². The first-order chi connectivity index (χ1) is 5.79. The van der Waals surface area contributed by atoms with E-state index in [0.717, 1.165) is 0 Å². The normalized spacial score (nSPS) is 20.6. The second kappa shape index (κ2) is 2.78. The van der Waals surface area contributed by atoms with Crippen LogP contribution in [-0.4, -0.2) is 0 Å². The van der Waals surface area contributed by atoms with Crippen LogP contribution in [0.15, 0.2) is 36.4 Å². The predicted molar refractivity (Wildman–Crippen MR) is 52.3 cm³/mol. The van der Waals surface area contributed by atoms with E-state index in [2.05, 4.69) is 37.8 Å². The fourth-order valence-electron chi connectivity index (χ4n) is 2.07. The fraction of sp³-hybridized carbons (Fsp3) is 0.333. The van der Waals surface area contributed by atoms with Gasteiger partial charge < -0.3 is 0 Å². The molecule has 0 heteroatoms. The van der Waals surface area contributed by atoms with Gasteiger partial charge >= 0.3 is 0 Å². The molecule has 0 bridgehead atoms. The maximum atomic E-state index is 4.04. The average molecular weight is 158 g/mol. The van der Waals surface area contributed by atoms with E-state index in [4.69, 9.17) is 0 Å². The highest BCUT2D eigenvalue weighted by atomic mass is 14.3. The third-order valence-corrected chi connectivity index (χ3v) is 2.73. The van der Waals surface area contributed by atoms with E-state index in [0.29, 0.717) is 5.92 Å². The van der Waals surface area contributed by atoms with Crippen LogP contribution in [0.1, 0.15) is 30.4 Å². The predicted octanol–water partition coefficient (Wildman–Crippen LogP) is 3.29. The van der Waals surface area contributed by atoms with E-state index < -0.39 is 0 Å². The molecule has 0 radical (unpaired) electrons. The van der Waals surface area contributed by atoms with Crippen molar-refractivity contribution in [3.63, 3.8) is 0 Å². The molecule has 0 spiro atoms. The lowest BCUT2D eigenvalue weighted by atomic mass is 9.95. The highest BCUT2D eigenvalue weighted by Crippen LogP contribution is 2.36. The molecule has 0 amide bonds. The quantitative estimate of drug-likeness (QED) is 0.550. The minimum Gasteiger partial charge on any atom is -0.0995 e. The van der Waals surface area contributed by atoms with Gasteiger partial charge in [0.25, 0.3) is 0 Å². The zero-order valence-electron chi connectivity index (χ0n) is 7.51. The minimum atomic E-state index is 0.626. The van der Waals surface area contributed by atoms with Gasteiger partial charge in [-0.15, -0.1) is 0 Å². The molecule has 62 valence electrons. The molecule has 1 aromatic carbocycles. The van der Waals surface area contributed by atoms with Crippen molar-refractivity contribution in [2.45, 2.75) is 25.7 Å². The van der Waals surface area contributed by atoms with Crippen molar-refractivity contribution < 1.29 is 0 Å². The first kappa shape index (κ1) is 7.60. The van der Waals surface area contributed by atoms with Crippen LogP contribution in [-0.2, 0) is 6.42 Å². The van der Waals surface area contributed by atoms with Gasteiger partial charge in [-0.25, -0.2) is 0 Å². The van der Waals surface area contributed by atoms with Crippen LogP contribution in [0, 0.1) is 0 Å². The molecule has 0 aromatic heterocycles. The van der Waals surface area contributed by atoms with Crippen molar-refractivity contribution in [1.82, 2.24) is 0 Å². The molecule has 0 saturated carbocycles. The van der Waals surface area contributed by atoms with E-state index in [-0.39, 0.29) is 0 Å². The van der Waals surface area contributed by atoms with Crippen molar-refractivity contribution in [1.29, 1.82) is 0 Å². The van der Waals surface area contributed by atoms with Crippen LogP contribution in [0.4, 0.5) is 0 Å². The van der Waals surface area contributed by atoms with Gasteiger partial charge in [0.15, 0.2) is 0 Å². The van der Waals surface area contributed by atoms with Crippen molar-refractivity contribution >= 4 is 0 Å². The Balaban J connectivity index is 2.42. The van der Waals surface area contributed by atoms with Gasteiger partial charge in [0.1, 0.15) is 0 Å². The summed E-state index contributed by atoms with van der Waals surface area (Å²) in [7, 11) is 0. The first-order valence-corrected chi connectivity index (χ1v) is 4.52. The topological polar surface area (TPSA) is 0 Å². The molecule has 0 heterocycles. The zero-order chi connectivity index (χ0) is 8.55. The largest absolute Gasteiger partial charge is 0.0995 e. The third kappa shape index (κ3) is 1.08. The lowest BCUT2D eigenvalue weighted by molar-refractivity contribution is 0.774. The standard InChI is InChI=1S/C12H14/c1-9(2)11-8-7-10-5-3-4-6-12(10)11/h3-6,11H,1,7-8H2,2H3/t11-/m0/s1. The Morgan fingerprint density at radius 3 is 2.92 bits per heavy atom. The summed E-state index contributed by atoms with van der Waals surface area (Å²) < 4.78 is 0. The van der Waals surface area contributed by atoms with Crippen molar-refractivity contribution in [3.05, 3.63) is 47.5 Å². The summed E-state index contributed by atoms with van der Waals surface area (Å²) in [5.74, 6) is 0.626. The smallest absolute Gasteiger partial charge is 0.00486 e. The summed E-state index contributed by atoms with van der Waals surface area (Å²) in [6, 6.07) is 8.72. The summed E-state index contributed by atoms with van der Waals surface area (Å²) in [4.78, 5) is 0. The fourth-order valence-corrected chi connectivity index (χ4v) is 2.07. The number of rotatable bonds is 1. The van der Waals surface area contributed by atoms with Gasteiger partial charge in [-0.1, -0.05) is 36.4 Å². The molecule has 12 heavy (non-hydrogen) atoms. The Bertz CT molecular complexity index is 310. The molecule has 1 aromatic rings. The number of fused-ring (bicyclic) bond motifs is 1. The summed E-state index contributed by atoms with van der Waals surface area (Å²) in [6.45, 7) is 6.17. The molecular weight excluding hydrogens is 144 g/mol. The SMILES string of the molecule is C=C(C)[C@@H]1CCc2ccccc21. The molecule has 2 rings (SSSR count). The summed E-state index contributed by atoms with van der Waals surface area (Å²) in [5, 5.41) is 0. The maximum absolute atomic E-state index is 4.04. The lowest BCUT2D eigenvalue weighted by Crippen LogP contribution is -1.92. The molecule has 1 aliphatic rings. The Labute approximate surface area is 73.9 Å². The van der Waals surface area contributed by atoms with E-state index in [1.54, 1.807) is 0 Å². The molecule has 0 aliphatic heterocycles. The Kier molecular flexibility index (Phi) is 1.76. The average Bonchev–Trinajstić information content (AvgIpc) is 2.47. The van der Waals surface area contributed by atoms with Crippen molar-refractivity contribution in [2.24, 2.45) is 0 Å². The van der Waals surface area contributed by atoms with Crippen LogP contribution in [0.5, 0.6) is 0 Å². The van der Waals surface area contributed by atoms with Gasteiger partial charge in [-0.2, -0.15) is 0 Å². The summed E-state index contributed by atoms with van der Waals surface area (Å²) in [5.41, 5.74) is 4.33. The highest BCUT2D eigenvalue weighted by molar-refractivity contribution is 5.39. The highest BCUT2D eigenvalue weighted by Gasteiger charge is 2.21. The molecule has 0 fully saturated rings. The van der Waals surface area contributed by atoms with Gasteiger partial charge in [0, 0.05) is 5.92 Å². The lowest BCUT2D eigenvalue weighted by Gasteiger charge is -2.09. The molecule has 0 N–H and O–H groups in total. The van der Waals surface area contributed by atoms with Crippen LogP contribution in [0.25, 0.3) is 0 Å². The molecular formula is C12H14. The Hall–Kier alpha value is -1.04. The minimum absolute atomic E-state index is 0.626. The van der Waals surface area contributed by atoms with Crippen LogP contribution in [0.2, 0.25) is 0 Å². The van der Waals surface area contributed by atoms with E-state index in [9.17, 15) is 0 Å². The second-order valence-electron chi connectivity index (χ2n) is 3.64. The summed E-state index contributed by atoms with van der Waals surface area (Å²) >= 11 is 0. The second-order valence-corrected chi connectivity index (χ2v) is 3.64. The molecule has 0 nitrogen and oxygen atoms in total. The van der Waals surface area contributed by atoms with Crippen molar-refractivity contribution in [3.8, 4) is 0 Å². The summed E-state index contributed by atoms with van der Waals surface area (Å²) in [6.07, 6.45) is 2.49. The Morgan fingerprint density at radius 1 is 1.42 bits per heavy atom. The van der Waals surface area contributed by atoms with E-state index in [1.165, 1.54) is 29.5 Å². The third-order valence-electron chi connectivity index (χ3n) is 2.73. The first-order valence-electron chi connectivity index (χ1n) is 4.52.